The largest absolute Gasteiger partial charge is 0.465 e. The Morgan fingerprint density at radius 3 is 2.70 bits per heavy atom. The van der Waals surface area contributed by atoms with E-state index in [0.29, 0.717) is 37.2 Å². The molecular formula is C24H28N6O3. The van der Waals surface area contributed by atoms with Crippen molar-refractivity contribution in [3.8, 4) is 0 Å². The van der Waals surface area contributed by atoms with E-state index in [-0.39, 0.29) is 11.8 Å². The van der Waals surface area contributed by atoms with Gasteiger partial charge in [-0.15, -0.1) is 0 Å². The summed E-state index contributed by atoms with van der Waals surface area (Å²) in [6.07, 6.45) is 7.54. The van der Waals surface area contributed by atoms with Gasteiger partial charge in [-0.25, -0.2) is 19.7 Å². The van der Waals surface area contributed by atoms with Crippen LogP contribution in [0.4, 0.5) is 11.5 Å². The maximum Gasteiger partial charge on any atom is 0.339 e. The predicted octanol–water partition coefficient (Wildman–Crippen LogP) is 3.19. The molecule has 33 heavy (non-hydrogen) atoms. The summed E-state index contributed by atoms with van der Waals surface area (Å²) in [4.78, 5) is 41.1. The smallest absolute Gasteiger partial charge is 0.339 e. The minimum absolute atomic E-state index is 0.0763. The van der Waals surface area contributed by atoms with E-state index < -0.39 is 5.97 Å². The number of nitrogens with zero attached hydrogens (tertiary/aromatic N) is 5. The van der Waals surface area contributed by atoms with Crippen molar-refractivity contribution in [1.29, 1.82) is 0 Å². The molecule has 2 aromatic heterocycles. The fourth-order valence-corrected chi connectivity index (χ4v) is 4.83. The molecule has 0 radical (unpaired) electrons. The summed E-state index contributed by atoms with van der Waals surface area (Å²) in [6.45, 7) is 2.38. The first-order valence-corrected chi connectivity index (χ1v) is 11.6. The standard InChI is InChI=1S/C24H28N6O3/c1-33-24(32)17-7-4-5-8-18(17)27-23(31)16-10-13-29(14-11-16)21-20-22(26-15-25-21)30-12-6-2-3-9-19(30)28-20/h4-5,7-8,15-16H,2-3,6,9-14H2,1H3,(H,27,31). The SMILES string of the molecule is COC(=O)c1ccccc1NC(=O)C1CCN(c2ncnc3c2nc2n3CCCCC2)CC1. The van der Waals surface area contributed by atoms with Gasteiger partial charge in [-0.2, -0.15) is 0 Å². The van der Waals surface area contributed by atoms with Crippen molar-refractivity contribution in [1.82, 2.24) is 19.5 Å². The summed E-state index contributed by atoms with van der Waals surface area (Å²) in [5, 5.41) is 2.92. The van der Waals surface area contributed by atoms with Crippen LogP contribution in [0.2, 0.25) is 0 Å². The molecule has 2 aliphatic heterocycles. The number of anilines is 2. The molecule has 0 bridgehead atoms. The average Bonchev–Trinajstić information content (AvgIpc) is 3.04. The molecule has 9 heteroatoms. The van der Waals surface area contributed by atoms with Gasteiger partial charge in [-0.05, 0) is 37.8 Å². The minimum Gasteiger partial charge on any atom is -0.465 e. The van der Waals surface area contributed by atoms with Crippen LogP contribution in [0.15, 0.2) is 30.6 Å². The lowest BCUT2D eigenvalue weighted by molar-refractivity contribution is -0.120. The second-order valence-corrected chi connectivity index (χ2v) is 8.65. The Morgan fingerprint density at radius 1 is 1.06 bits per heavy atom. The number of aromatic nitrogens is 4. The van der Waals surface area contributed by atoms with E-state index in [1.165, 1.54) is 13.5 Å². The topological polar surface area (TPSA) is 102 Å². The summed E-state index contributed by atoms with van der Waals surface area (Å²) in [6, 6.07) is 6.91. The molecule has 0 unspecified atom stereocenters. The molecule has 3 aromatic rings. The number of aryl methyl sites for hydroxylation is 2. The Bertz CT molecular complexity index is 1180. The number of rotatable bonds is 4. The molecule has 1 amide bonds. The maximum absolute atomic E-state index is 12.9. The van der Waals surface area contributed by atoms with E-state index >= 15 is 0 Å². The van der Waals surface area contributed by atoms with Crippen molar-refractivity contribution in [3.05, 3.63) is 42.0 Å². The van der Waals surface area contributed by atoms with Gasteiger partial charge in [-0.1, -0.05) is 18.6 Å². The normalized spacial score (nSPS) is 16.8. The fraction of sp³-hybridized carbons (Fsp3) is 0.458. The van der Waals surface area contributed by atoms with Crippen LogP contribution in [0, 0.1) is 5.92 Å². The van der Waals surface area contributed by atoms with Crippen LogP contribution in [0.1, 0.15) is 48.3 Å². The molecule has 5 rings (SSSR count). The van der Waals surface area contributed by atoms with Crippen LogP contribution in [0.25, 0.3) is 11.2 Å². The van der Waals surface area contributed by atoms with Crippen LogP contribution in [-0.4, -0.2) is 51.6 Å². The quantitative estimate of drug-likeness (QED) is 0.612. The molecule has 4 heterocycles. The lowest BCUT2D eigenvalue weighted by atomic mass is 9.95. The van der Waals surface area contributed by atoms with Gasteiger partial charge in [-0.3, -0.25) is 4.79 Å². The number of benzene rings is 1. The van der Waals surface area contributed by atoms with E-state index in [1.54, 1.807) is 30.6 Å². The zero-order chi connectivity index (χ0) is 22.8. The van der Waals surface area contributed by atoms with Gasteiger partial charge in [0.05, 0.1) is 18.4 Å². The Hall–Kier alpha value is -3.49. The molecule has 1 N–H and O–H groups in total. The van der Waals surface area contributed by atoms with Crippen molar-refractivity contribution in [2.24, 2.45) is 5.92 Å². The summed E-state index contributed by atoms with van der Waals surface area (Å²) >= 11 is 0. The number of esters is 1. The van der Waals surface area contributed by atoms with Crippen LogP contribution < -0.4 is 10.2 Å². The van der Waals surface area contributed by atoms with Gasteiger partial charge < -0.3 is 19.5 Å². The summed E-state index contributed by atoms with van der Waals surface area (Å²) in [5.74, 6) is 1.28. The van der Waals surface area contributed by atoms with Crippen molar-refractivity contribution >= 4 is 34.5 Å². The number of nitrogens with one attached hydrogen (secondary N) is 1. The summed E-state index contributed by atoms with van der Waals surface area (Å²) in [7, 11) is 1.33. The van der Waals surface area contributed by atoms with Crippen LogP contribution in [-0.2, 0) is 22.5 Å². The Balaban J connectivity index is 1.29. The molecule has 0 saturated carbocycles. The van der Waals surface area contributed by atoms with Gasteiger partial charge in [0.25, 0.3) is 0 Å². The predicted molar refractivity (Wildman–Crippen MR) is 124 cm³/mol. The second-order valence-electron chi connectivity index (χ2n) is 8.65. The fourth-order valence-electron chi connectivity index (χ4n) is 4.83. The highest BCUT2D eigenvalue weighted by atomic mass is 16.5. The van der Waals surface area contributed by atoms with Crippen molar-refractivity contribution in [2.45, 2.75) is 45.1 Å². The number of hydrogen-bond acceptors (Lipinski definition) is 7. The third-order valence-corrected chi connectivity index (χ3v) is 6.63. The van der Waals surface area contributed by atoms with Crippen LogP contribution >= 0.6 is 0 Å². The number of methoxy groups -OCH3 is 1. The Kier molecular flexibility index (Phi) is 5.93. The first-order chi connectivity index (χ1) is 16.2. The third-order valence-electron chi connectivity index (χ3n) is 6.63. The third kappa shape index (κ3) is 4.15. The molecule has 0 spiro atoms. The Morgan fingerprint density at radius 2 is 1.88 bits per heavy atom. The Labute approximate surface area is 192 Å². The lowest BCUT2D eigenvalue weighted by Crippen LogP contribution is -2.38. The van der Waals surface area contributed by atoms with Crippen molar-refractivity contribution < 1.29 is 14.3 Å². The molecule has 1 saturated heterocycles. The first kappa shape index (κ1) is 21.4. The highest BCUT2D eigenvalue weighted by Crippen LogP contribution is 2.30. The van der Waals surface area contributed by atoms with E-state index in [2.05, 4.69) is 24.8 Å². The number of ether oxygens (including phenoxy) is 1. The number of fused-ring (bicyclic) bond motifs is 3. The van der Waals surface area contributed by atoms with Crippen LogP contribution in [0.5, 0.6) is 0 Å². The first-order valence-electron chi connectivity index (χ1n) is 11.6. The van der Waals surface area contributed by atoms with Crippen LogP contribution in [0.3, 0.4) is 0 Å². The number of piperidine rings is 1. The highest BCUT2D eigenvalue weighted by molar-refractivity contribution is 6.01. The van der Waals surface area contributed by atoms with Gasteiger partial charge in [0.1, 0.15) is 12.2 Å². The van der Waals surface area contributed by atoms with E-state index in [4.69, 9.17) is 9.72 Å². The molecule has 0 atom stereocenters. The van der Waals surface area contributed by atoms with E-state index in [9.17, 15) is 9.59 Å². The molecule has 1 aromatic carbocycles. The second kappa shape index (κ2) is 9.17. The molecule has 2 aliphatic rings. The average molecular weight is 449 g/mol. The zero-order valence-corrected chi connectivity index (χ0v) is 18.8. The summed E-state index contributed by atoms with van der Waals surface area (Å²) in [5.41, 5.74) is 2.61. The number of imidazole rings is 1. The van der Waals surface area contributed by atoms with Crippen molar-refractivity contribution in [3.63, 3.8) is 0 Å². The lowest BCUT2D eigenvalue weighted by Gasteiger charge is -2.32. The number of carbonyl (C=O) groups is 2. The molecule has 1 fully saturated rings. The van der Waals surface area contributed by atoms with E-state index in [0.717, 1.165) is 48.6 Å². The van der Waals surface area contributed by atoms with E-state index in [1.807, 2.05) is 0 Å². The number of carbonyl (C=O) groups excluding carboxylic acids is 2. The number of para-hydroxylation sites is 1. The van der Waals surface area contributed by atoms with Gasteiger partial charge in [0.15, 0.2) is 17.0 Å². The maximum atomic E-state index is 12.9. The number of amides is 1. The molecule has 9 nitrogen and oxygen atoms in total. The van der Waals surface area contributed by atoms with Gasteiger partial charge >= 0.3 is 5.97 Å². The number of hydrogen-bond donors (Lipinski definition) is 1. The highest BCUT2D eigenvalue weighted by Gasteiger charge is 2.28. The van der Waals surface area contributed by atoms with Gasteiger partial charge in [0, 0.05) is 32.0 Å². The molecule has 172 valence electrons. The van der Waals surface area contributed by atoms with Gasteiger partial charge in [0.2, 0.25) is 5.91 Å². The zero-order valence-electron chi connectivity index (χ0n) is 18.8. The monoisotopic (exact) mass is 448 g/mol. The molecule has 0 aliphatic carbocycles. The van der Waals surface area contributed by atoms with Crippen molar-refractivity contribution in [2.75, 3.05) is 30.4 Å². The summed E-state index contributed by atoms with van der Waals surface area (Å²) < 4.78 is 7.07. The molecular weight excluding hydrogens is 420 g/mol. The minimum atomic E-state index is -0.466.